The van der Waals surface area contributed by atoms with Crippen LogP contribution in [-0.2, 0) is 4.79 Å². The SMILES string of the molecule is CC(=O)Oc1cccc(C(=O)NCC2CCN(C(=O)c3ccc4nc[nH]c4c3)CC2)c1. The summed E-state index contributed by atoms with van der Waals surface area (Å²) in [5, 5.41) is 2.95. The average Bonchev–Trinajstić information content (AvgIpc) is 3.25. The Balaban J connectivity index is 1.27. The van der Waals surface area contributed by atoms with Crippen molar-refractivity contribution >= 4 is 28.8 Å². The predicted molar refractivity (Wildman–Crippen MR) is 115 cm³/mol. The zero-order valence-corrected chi connectivity index (χ0v) is 17.3. The maximum absolute atomic E-state index is 12.8. The van der Waals surface area contributed by atoms with E-state index in [9.17, 15) is 14.4 Å². The van der Waals surface area contributed by atoms with Crippen molar-refractivity contribution < 1.29 is 19.1 Å². The van der Waals surface area contributed by atoms with Crippen molar-refractivity contribution in [1.82, 2.24) is 20.2 Å². The largest absolute Gasteiger partial charge is 0.427 e. The van der Waals surface area contributed by atoms with E-state index in [0.29, 0.717) is 42.4 Å². The number of piperidine rings is 1. The van der Waals surface area contributed by atoms with E-state index in [1.54, 1.807) is 30.6 Å². The number of likely N-dealkylation sites (tertiary alicyclic amines) is 1. The van der Waals surface area contributed by atoms with E-state index < -0.39 is 5.97 Å². The molecule has 0 radical (unpaired) electrons. The van der Waals surface area contributed by atoms with Gasteiger partial charge in [-0.25, -0.2) is 4.98 Å². The van der Waals surface area contributed by atoms with Crippen LogP contribution < -0.4 is 10.1 Å². The van der Waals surface area contributed by atoms with E-state index in [1.807, 2.05) is 23.1 Å². The molecule has 0 unspecified atom stereocenters. The molecule has 31 heavy (non-hydrogen) atoms. The Hall–Kier alpha value is -3.68. The second-order valence-corrected chi connectivity index (χ2v) is 7.70. The van der Waals surface area contributed by atoms with E-state index in [0.717, 1.165) is 23.9 Å². The molecule has 4 rings (SSSR count). The lowest BCUT2D eigenvalue weighted by Gasteiger charge is -2.32. The molecule has 2 amide bonds. The van der Waals surface area contributed by atoms with Gasteiger partial charge in [0.2, 0.25) is 0 Å². The fourth-order valence-corrected chi connectivity index (χ4v) is 3.80. The van der Waals surface area contributed by atoms with Crippen LogP contribution in [-0.4, -0.2) is 52.3 Å². The summed E-state index contributed by atoms with van der Waals surface area (Å²) in [6, 6.07) is 12.0. The molecule has 160 valence electrons. The number of rotatable bonds is 5. The molecule has 2 aromatic carbocycles. The highest BCUT2D eigenvalue weighted by Crippen LogP contribution is 2.20. The summed E-state index contributed by atoms with van der Waals surface area (Å²) in [5.41, 5.74) is 2.78. The number of H-pyrrole nitrogens is 1. The van der Waals surface area contributed by atoms with Crippen LogP contribution in [0, 0.1) is 5.92 Å². The third-order valence-electron chi connectivity index (χ3n) is 5.48. The second-order valence-electron chi connectivity index (χ2n) is 7.70. The first-order chi connectivity index (χ1) is 15.0. The highest BCUT2D eigenvalue weighted by molar-refractivity contribution is 5.97. The van der Waals surface area contributed by atoms with Crippen LogP contribution in [0.15, 0.2) is 48.8 Å². The molecule has 1 fully saturated rings. The fourth-order valence-electron chi connectivity index (χ4n) is 3.80. The maximum Gasteiger partial charge on any atom is 0.308 e. The molecule has 1 aromatic heterocycles. The van der Waals surface area contributed by atoms with Gasteiger partial charge in [0.25, 0.3) is 11.8 Å². The van der Waals surface area contributed by atoms with Gasteiger partial charge in [-0.1, -0.05) is 6.07 Å². The zero-order valence-electron chi connectivity index (χ0n) is 17.3. The van der Waals surface area contributed by atoms with Crippen molar-refractivity contribution in [2.24, 2.45) is 5.92 Å². The number of carbonyl (C=O) groups is 3. The van der Waals surface area contributed by atoms with E-state index in [1.165, 1.54) is 6.92 Å². The Kier molecular flexibility index (Phi) is 5.97. The monoisotopic (exact) mass is 420 g/mol. The van der Waals surface area contributed by atoms with Crippen molar-refractivity contribution in [3.05, 3.63) is 59.9 Å². The van der Waals surface area contributed by atoms with E-state index in [2.05, 4.69) is 15.3 Å². The smallest absolute Gasteiger partial charge is 0.308 e. The molecule has 0 bridgehead atoms. The minimum absolute atomic E-state index is 0.0151. The van der Waals surface area contributed by atoms with E-state index in [4.69, 9.17) is 4.74 Å². The lowest BCUT2D eigenvalue weighted by Crippen LogP contribution is -2.41. The zero-order chi connectivity index (χ0) is 21.8. The van der Waals surface area contributed by atoms with Crippen LogP contribution in [0.25, 0.3) is 11.0 Å². The Morgan fingerprint density at radius 3 is 2.71 bits per heavy atom. The van der Waals surface area contributed by atoms with Gasteiger partial charge >= 0.3 is 5.97 Å². The van der Waals surface area contributed by atoms with Crippen LogP contribution in [0.4, 0.5) is 0 Å². The summed E-state index contributed by atoms with van der Waals surface area (Å²) in [6.07, 6.45) is 3.27. The van der Waals surface area contributed by atoms with E-state index >= 15 is 0 Å². The van der Waals surface area contributed by atoms with Crippen LogP contribution in [0.3, 0.4) is 0 Å². The number of hydrogen-bond acceptors (Lipinski definition) is 5. The van der Waals surface area contributed by atoms with Crippen molar-refractivity contribution in [2.45, 2.75) is 19.8 Å². The van der Waals surface area contributed by atoms with Gasteiger partial charge in [0.1, 0.15) is 5.75 Å². The lowest BCUT2D eigenvalue weighted by molar-refractivity contribution is -0.131. The highest BCUT2D eigenvalue weighted by atomic mass is 16.5. The number of amides is 2. The number of aromatic nitrogens is 2. The third-order valence-corrected chi connectivity index (χ3v) is 5.48. The Bertz CT molecular complexity index is 1120. The molecular weight excluding hydrogens is 396 g/mol. The predicted octanol–water partition coefficient (Wildman–Crippen LogP) is 2.77. The summed E-state index contributed by atoms with van der Waals surface area (Å²) in [4.78, 5) is 45.4. The molecule has 3 aromatic rings. The standard InChI is InChI=1S/C23H24N4O4/c1-15(28)31-19-4-2-3-17(11-19)22(29)24-13-16-7-9-27(10-8-16)23(30)18-5-6-20-21(12-18)26-14-25-20/h2-6,11-12,14,16H,7-10,13H2,1H3,(H,24,29)(H,25,26). The molecule has 1 aliphatic rings. The third kappa shape index (κ3) is 4.91. The van der Waals surface area contributed by atoms with Gasteiger partial charge in [0.05, 0.1) is 17.4 Å². The number of carbonyl (C=O) groups excluding carboxylic acids is 3. The fraction of sp³-hybridized carbons (Fsp3) is 0.304. The van der Waals surface area contributed by atoms with Crippen molar-refractivity contribution in [3.63, 3.8) is 0 Å². The first-order valence-corrected chi connectivity index (χ1v) is 10.3. The molecule has 0 aliphatic carbocycles. The Morgan fingerprint density at radius 1 is 1.13 bits per heavy atom. The normalized spacial score (nSPS) is 14.4. The number of imidazole rings is 1. The van der Waals surface area contributed by atoms with Gasteiger partial charge in [-0.15, -0.1) is 0 Å². The molecule has 0 saturated carbocycles. The summed E-state index contributed by atoms with van der Waals surface area (Å²) >= 11 is 0. The highest BCUT2D eigenvalue weighted by Gasteiger charge is 2.24. The molecule has 0 atom stereocenters. The van der Waals surface area contributed by atoms with Gasteiger partial charge in [-0.05, 0) is 55.2 Å². The number of nitrogens with zero attached hydrogens (tertiary/aromatic N) is 2. The molecule has 2 N–H and O–H groups in total. The lowest BCUT2D eigenvalue weighted by atomic mass is 9.96. The minimum Gasteiger partial charge on any atom is -0.427 e. The first kappa shape index (κ1) is 20.6. The number of nitrogens with one attached hydrogen (secondary N) is 2. The maximum atomic E-state index is 12.8. The quantitative estimate of drug-likeness (QED) is 0.488. The van der Waals surface area contributed by atoms with Crippen LogP contribution in [0.2, 0.25) is 0 Å². The molecule has 1 aliphatic heterocycles. The van der Waals surface area contributed by atoms with E-state index in [-0.39, 0.29) is 11.8 Å². The molecule has 8 heteroatoms. The number of esters is 1. The molecule has 1 saturated heterocycles. The Labute approximate surface area is 179 Å². The summed E-state index contributed by atoms with van der Waals surface area (Å²) in [6.45, 7) is 3.17. The number of hydrogen-bond donors (Lipinski definition) is 2. The van der Waals surface area contributed by atoms with Gasteiger partial charge in [0.15, 0.2) is 0 Å². The molecule has 2 heterocycles. The molecule has 8 nitrogen and oxygen atoms in total. The first-order valence-electron chi connectivity index (χ1n) is 10.3. The van der Waals surface area contributed by atoms with Gasteiger partial charge in [0, 0.05) is 37.7 Å². The minimum atomic E-state index is -0.427. The number of aromatic amines is 1. The molecular formula is C23H24N4O4. The summed E-state index contributed by atoms with van der Waals surface area (Å²) in [5.74, 6) is 0.0324. The van der Waals surface area contributed by atoms with Crippen molar-refractivity contribution in [1.29, 1.82) is 0 Å². The number of fused-ring (bicyclic) bond motifs is 1. The number of ether oxygens (including phenoxy) is 1. The van der Waals surface area contributed by atoms with Gasteiger partial charge in [-0.3, -0.25) is 14.4 Å². The summed E-state index contributed by atoms with van der Waals surface area (Å²) in [7, 11) is 0. The van der Waals surface area contributed by atoms with Crippen LogP contribution in [0.5, 0.6) is 5.75 Å². The summed E-state index contributed by atoms with van der Waals surface area (Å²) < 4.78 is 5.03. The second kappa shape index (κ2) is 8.99. The van der Waals surface area contributed by atoms with Crippen molar-refractivity contribution in [2.75, 3.05) is 19.6 Å². The Morgan fingerprint density at radius 2 is 1.94 bits per heavy atom. The van der Waals surface area contributed by atoms with Crippen LogP contribution in [0.1, 0.15) is 40.5 Å². The topological polar surface area (TPSA) is 104 Å². The molecule has 0 spiro atoms. The number of benzene rings is 2. The van der Waals surface area contributed by atoms with Crippen molar-refractivity contribution in [3.8, 4) is 5.75 Å². The van der Waals surface area contributed by atoms with Crippen LogP contribution >= 0.6 is 0 Å². The van der Waals surface area contributed by atoms with Gasteiger partial charge < -0.3 is 19.9 Å². The average molecular weight is 420 g/mol. The van der Waals surface area contributed by atoms with Gasteiger partial charge in [-0.2, -0.15) is 0 Å².